The molecule has 0 heterocycles. The average molecular weight is 252 g/mol. The summed E-state index contributed by atoms with van der Waals surface area (Å²) in [4.78, 5) is 2.69. The Morgan fingerprint density at radius 3 is 2.11 bits per heavy atom. The minimum absolute atomic E-state index is 0.358. The lowest BCUT2D eigenvalue weighted by molar-refractivity contribution is 0.0795. The first-order valence-electron chi connectivity index (χ1n) is 7.74. The van der Waals surface area contributed by atoms with Crippen molar-refractivity contribution in [2.45, 2.75) is 71.9 Å². The summed E-state index contributed by atoms with van der Waals surface area (Å²) in [6.45, 7) is 14.6. The highest BCUT2D eigenvalue weighted by atomic mass is 15.2. The van der Waals surface area contributed by atoms with E-state index in [-0.39, 0.29) is 0 Å². The summed E-state index contributed by atoms with van der Waals surface area (Å²) in [5.74, 6) is 0. The molecule has 0 amide bonds. The normalized spacial score (nSPS) is 20.1. The molecule has 0 saturated heterocycles. The smallest absolute Gasteiger partial charge is 0.0439 e. The van der Waals surface area contributed by atoms with Crippen LogP contribution in [0.5, 0.6) is 0 Å². The largest absolute Gasteiger partial charge is 0.309 e. The van der Waals surface area contributed by atoms with Gasteiger partial charge in [-0.1, -0.05) is 45.3 Å². The van der Waals surface area contributed by atoms with Gasteiger partial charge in [0.25, 0.3) is 0 Å². The molecule has 0 spiro atoms. The third kappa shape index (κ3) is 3.36. The monoisotopic (exact) mass is 252 g/mol. The molecule has 1 atom stereocenters. The van der Waals surface area contributed by atoms with Crippen LogP contribution in [-0.4, -0.2) is 36.1 Å². The van der Waals surface area contributed by atoms with Gasteiger partial charge in [-0.25, -0.2) is 0 Å². The summed E-state index contributed by atoms with van der Waals surface area (Å²) in [7, 11) is 0. The van der Waals surface area contributed by atoms with Crippen molar-refractivity contribution in [1.29, 1.82) is 0 Å². The molecule has 1 aliphatic carbocycles. The fourth-order valence-electron chi connectivity index (χ4n) is 3.62. The molecule has 1 N–H and O–H groups in total. The molecule has 0 bridgehead atoms. The lowest BCUT2D eigenvalue weighted by atomic mass is 9.84. The second-order valence-corrected chi connectivity index (χ2v) is 5.76. The van der Waals surface area contributed by atoms with Crippen LogP contribution in [0.1, 0.15) is 60.3 Å². The molecule has 1 fully saturated rings. The molecule has 2 nitrogen and oxygen atoms in total. The van der Waals surface area contributed by atoms with Crippen LogP contribution in [-0.2, 0) is 0 Å². The molecular weight excluding hydrogens is 220 g/mol. The SMILES string of the molecule is CCNC(C=C(C)C)C1(N(CC)CC)CCCC1. The molecule has 0 aromatic rings. The predicted molar refractivity (Wildman–Crippen MR) is 81.0 cm³/mol. The summed E-state index contributed by atoms with van der Waals surface area (Å²) in [5, 5.41) is 3.73. The maximum Gasteiger partial charge on any atom is 0.0439 e. The van der Waals surface area contributed by atoms with Gasteiger partial charge >= 0.3 is 0 Å². The maximum atomic E-state index is 3.73. The highest BCUT2D eigenvalue weighted by Gasteiger charge is 2.43. The minimum atomic E-state index is 0.358. The number of nitrogens with zero attached hydrogens (tertiary/aromatic N) is 1. The van der Waals surface area contributed by atoms with Crippen LogP contribution in [0.15, 0.2) is 11.6 Å². The van der Waals surface area contributed by atoms with Crippen LogP contribution in [0.2, 0.25) is 0 Å². The summed E-state index contributed by atoms with van der Waals surface area (Å²) in [6, 6.07) is 0.509. The highest BCUT2D eigenvalue weighted by Crippen LogP contribution is 2.38. The Labute approximate surface area is 114 Å². The van der Waals surface area contributed by atoms with Gasteiger partial charge < -0.3 is 5.32 Å². The number of likely N-dealkylation sites (N-methyl/N-ethyl adjacent to an activating group) is 2. The average Bonchev–Trinajstić information content (AvgIpc) is 2.80. The first-order valence-corrected chi connectivity index (χ1v) is 7.74. The van der Waals surface area contributed by atoms with E-state index in [9.17, 15) is 0 Å². The Balaban J connectivity index is 3.02. The summed E-state index contributed by atoms with van der Waals surface area (Å²) >= 11 is 0. The quantitative estimate of drug-likeness (QED) is 0.697. The number of rotatable bonds is 7. The third-order valence-electron chi connectivity index (χ3n) is 4.37. The maximum absolute atomic E-state index is 3.73. The molecule has 0 aromatic heterocycles. The topological polar surface area (TPSA) is 15.3 Å². The first kappa shape index (κ1) is 15.7. The van der Waals surface area contributed by atoms with Gasteiger partial charge in [-0.2, -0.15) is 0 Å². The van der Waals surface area contributed by atoms with Gasteiger partial charge in [0.2, 0.25) is 0 Å². The van der Waals surface area contributed by atoms with Crippen LogP contribution in [0.3, 0.4) is 0 Å². The number of hydrogen-bond acceptors (Lipinski definition) is 2. The van der Waals surface area contributed by atoms with E-state index in [0.717, 1.165) is 19.6 Å². The van der Waals surface area contributed by atoms with Crippen LogP contribution in [0.4, 0.5) is 0 Å². The molecule has 0 aromatic carbocycles. The number of hydrogen-bond donors (Lipinski definition) is 1. The summed E-state index contributed by atoms with van der Waals surface area (Å²) in [6.07, 6.45) is 7.91. The number of nitrogens with one attached hydrogen (secondary N) is 1. The highest BCUT2D eigenvalue weighted by molar-refractivity contribution is 5.14. The Kier molecular flexibility index (Phi) is 6.37. The molecule has 1 aliphatic rings. The van der Waals surface area contributed by atoms with E-state index in [1.807, 2.05) is 0 Å². The molecule has 1 saturated carbocycles. The molecular formula is C16H32N2. The lowest BCUT2D eigenvalue weighted by Gasteiger charge is -2.45. The molecule has 2 heteroatoms. The second kappa shape index (κ2) is 7.30. The van der Waals surface area contributed by atoms with E-state index in [1.165, 1.54) is 31.3 Å². The molecule has 18 heavy (non-hydrogen) atoms. The first-order chi connectivity index (χ1) is 8.60. The van der Waals surface area contributed by atoms with E-state index < -0.39 is 0 Å². The van der Waals surface area contributed by atoms with Gasteiger partial charge in [0, 0.05) is 11.6 Å². The molecule has 106 valence electrons. The van der Waals surface area contributed by atoms with Crippen molar-refractivity contribution in [3.63, 3.8) is 0 Å². The van der Waals surface area contributed by atoms with Crippen LogP contribution >= 0.6 is 0 Å². The lowest BCUT2D eigenvalue weighted by Crippen LogP contribution is -2.59. The Morgan fingerprint density at radius 2 is 1.72 bits per heavy atom. The van der Waals surface area contributed by atoms with Crippen molar-refractivity contribution in [1.82, 2.24) is 10.2 Å². The zero-order chi connectivity index (χ0) is 13.6. The minimum Gasteiger partial charge on any atom is -0.309 e. The van der Waals surface area contributed by atoms with Gasteiger partial charge in [-0.05, 0) is 46.3 Å². The second-order valence-electron chi connectivity index (χ2n) is 5.76. The van der Waals surface area contributed by atoms with Gasteiger partial charge in [0.1, 0.15) is 0 Å². The van der Waals surface area contributed by atoms with E-state index in [1.54, 1.807) is 0 Å². The van der Waals surface area contributed by atoms with E-state index in [0.29, 0.717) is 11.6 Å². The fourth-order valence-corrected chi connectivity index (χ4v) is 3.62. The molecule has 0 aliphatic heterocycles. The zero-order valence-electron chi connectivity index (χ0n) is 13.1. The van der Waals surface area contributed by atoms with Crippen LogP contribution in [0.25, 0.3) is 0 Å². The van der Waals surface area contributed by atoms with Gasteiger partial charge in [0.05, 0.1) is 0 Å². The zero-order valence-corrected chi connectivity index (χ0v) is 13.1. The van der Waals surface area contributed by atoms with E-state index in [2.05, 4.69) is 50.9 Å². The summed E-state index contributed by atoms with van der Waals surface area (Å²) < 4.78 is 0. The Bertz CT molecular complexity index is 256. The van der Waals surface area contributed by atoms with Crippen molar-refractivity contribution in [3.05, 3.63) is 11.6 Å². The van der Waals surface area contributed by atoms with E-state index >= 15 is 0 Å². The molecule has 0 radical (unpaired) electrons. The van der Waals surface area contributed by atoms with Crippen molar-refractivity contribution in [2.75, 3.05) is 19.6 Å². The number of allylic oxidation sites excluding steroid dienone is 1. The Morgan fingerprint density at radius 1 is 1.17 bits per heavy atom. The third-order valence-corrected chi connectivity index (χ3v) is 4.37. The summed E-state index contributed by atoms with van der Waals surface area (Å²) in [5.41, 5.74) is 1.79. The van der Waals surface area contributed by atoms with Crippen LogP contribution < -0.4 is 5.32 Å². The molecule has 1 rings (SSSR count). The van der Waals surface area contributed by atoms with Gasteiger partial charge in [-0.15, -0.1) is 0 Å². The van der Waals surface area contributed by atoms with Crippen molar-refractivity contribution >= 4 is 0 Å². The van der Waals surface area contributed by atoms with Gasteiger partial charge in [0.15, 0.2) is 0 Å². The van der Waals surface area contributed by atoms with Crippen LogP contribution in [0, 0.1) is 0 Å². The molecule has 1 unspecified atom stereocenters. The van der Waals surface area contributed by atoms with Crippen molar-refractivity contribution in [3.8, 4) is 0 Å². The van der Waals surface area contributed by atoms with Crippen molar-refractivity contribution < 1.29 is 0 Å². The van der Waals surface area contributed by atoms with Gasteiger partial charge in [-0.3, -0.25) is 4.90 Å². The fraction of sp³-hybridized carbons (Fsp3) is 0.875. The Hall–Kier alpha value is -0.340. The van der Waals surface area contributed by atoms with Crippen molar-refractivity contribution in [2.24, 2.45) is 0 Å². The van der Waals surface area contributed by atoms with E-state index in [4.69, 9.17) is 0 Å². The predicted octanol–water partition coefficient (Wildman–Crippen LogP) is 3.59. The standard InChI is InChI=1S/C16H32N2/c1-6-17-15(13-14(4)5)16(11-9-10-12-16)18(7-2)8-3/h13,15,17H,6-12H2,1-5H3.